The van der Waals surface area contributed by atoms with Crippen LogP contribution in [-0.2, 0) is 0 Å². The predicted molar refractivity (Wildman–Crippen MR) is 36.4 cm³/mol. The SMILES string of the molecule is [C-]#[N+][CH-]c1ccccc1. The van der Waals surface area contributed by atoms with E-state index < -0.39 is 0 Å². The van der Waals surface area contributed by atoms with Crippen LogP contribution in [-0.4, -0.2) is 0 Å². The molecule has 0 aromatic heterocycles. The van der Waals surface area contributed by atoms with Crippen LogP contribution >= 0.6 is 0 Å². The lowest BCUT2D eigenvalue weighted by Crippen LogP contribution is -1.71. The van der Waals surface area contributed by atoms with Crippen LogP contribution in [0.1, 0.15) is 5.56 Å². The molecule has 0 heterocycles. The van der Waals surface area contributed by atoms with E-state index in [4.69, 9.17) is 6.57 Å². The molecule has 0 aliphatic carbocycles. The third-order valence-electron chi connectivity index (χ3n) is 1.01. The minimum Gasteiger partial charge on any atom is -0.457 e. The van der Waals surface area contributed by atoms with Gasteiger partial charge in [0.1, 0.15) is 0 Å². The lowest BCUT2D eigenvalue weighted by Gasteiger charge is -1.96. The van der Waals surface area contributed by atoms with Crippen molar-refractivity contribution >= 4 is 0 Å². The van der Waals surface area contributed by atoms with E-state index in [1.54, 1.807) is 0 Å². The minimum atomic E-state index is 0.965. The summed E-state index contributed by atoms with van der Waals surface area (Å²) in [5.74, 6) is 0. The van der Waals surface area contributed by atoms with Gasteiger partial charge in [0.05, 0.1) is 0 Å². The van der Waals surface area contributed by atoms with Crippen molar-refractivity contribution in [1.29, 1.82) is 0 Å². The first-order valence-corrected chi connectivity index (χ1v) is 2.68. The van der Waals surface area contributed by atoms with Gasteiger partial charge in [-0.3, -0.25) is 6.57 Å². The maximum absolute atomic E-state index is 6.51. The van der Waals surface area contributed by atoms with Gasteiger partial charge >= 0.3 is 0 Å². The van der Waals surface area contributed by atoms with Crippen LogP contribution in [0.2, 0.25) is 0 Å². The lowest BCUT2D eigenvalue weighted by molar-refractivity contribution is 1.52. The number of hydrogen-bond donors (Lipinski definition) is 0. The Morgan fingerprint density at radius 2 is 1.89 bits per heavy atom. The molecule has 0 fully saturated rings. The molecule has 1 rings (SSSR count). The third-order valence-corrected chi connectivity index (χ3v) is 1.01. The molecule has 0 unspecified atom stereocenters. The Kier molecular flexibility index (Phi) is 1.77. The second kappa shape index (κ2) is 2.78. The monoisotopic (exact) mass is 116 g/mol. The summed E-state index contributed by atoms with van der Waals surface area (Å²) in [6.45, 7) is 8.01. The summed E-state index contributed by atoms with van der Waals surface area (Å²) in [4.78, 5) is 3.13. The van der Waals surface area contributed by atoms with Crippen molar-refractivity contribution in [1.82, 2.24) is 0 Å². The molecule has 0 bridgehead atoms. The summed E-state index contributed by atoms with van der Waals surface area (Å²) in [6.07, 6.45) is 0. The molecular formula is C8H6N-. The van der Waals surface area contributed by atoms with Crippen molar-refractivity contribution < 1.29 is 0 Å². The van der Waals surface area contributed by atoms with Crippen LogP contribution in [0.4, 0.5) is 0 Å². The van der Waals surface area contributed by atoms with E-state index >= 15 is 0 Å². The normalized spacial score (nSPS) is 7.89. The molecule has 0 spiro atoms. The van der Waals surface area contributed by atoms with Gasteiger partial charge in [0.2, 0.25) is 0 Å². The van der Waals surface area contributed by atoms with E-state index in [0.29, 0.717) is 0 Å². The molecule has 1 aromatic carbocycles. The summed E-state index contributed by atoms with van der Waals surface area (Å²) >= 11 is 0. The number of hydrogen-bond acceptors (Lipinski definition) is 0. The van der Waals surface area contributed by atoms with E-state index in [2.05, 4.69) is 4.85 Å². The predicted octanol–water partition coefficient (Wildman–Crippen LogP) is 2.12. The molecule has 1 aromatic rings. The van der Waals surface area contributed by atoms with E-state index in [9.17, 15) is 0 Å². The van der Waals surface area contributed by atoms with Crippen molar-refractivity contribution in [3.05, 3.63) is 53.9 Å². The molecule has 0 aliphatic rings. The van der Waals surface area contributed by atoms with E-state index in [1.807, 2.05) is 30.3 Å². The van der Waals surface area contributed by atoms with Gasteiger partial charge in [-0.2, -0.15) is 0 Å². The van der Waals surface area contributed by atoms with E-state index in [-0.39, 0.29) is 0 Å². The molecule has 0 amide bonds. The molecule has 0 saturated heterocycles. The van der Waals surface area contributed by atoms with E-state index in [0.717, 1.165) is 5.56 Å². The van der Waals surface area contributed by atoms with Crippen LogP contribution in [0.3, 0.4) is 0 Å². The van der Waals surface area contributed by atoms with Gasteiger partial charge in [-0.05, 0) is 6.54 Å². The Morgan fingerprint density at radius 3 is 2.44 bits per heavy atom. The van der Waals surface area contributed by atoms with Gasteiger partial charge < -0.3 is 4.85 Å². The van der Waals surface area contributed by atoms with Crippen LogP contribution in [0.25, 0.3) is 4.85 Å². The van der Waals surface area contributed by atoms with E-state index in [1.165, 1.54) is 6.54 Å². The largest absolute Gasteiger partial charge is 0.457 e. The van der Waals surface area contributed by atoms with Gasteiger partial charge in [0.15, 0.2) is 0 Å². The minimum absolute atomic E-state index is 0.965. The number of rotatable bonds is 1. The highest BCUT2D eigenvalue weighted by atomic mass is 14.6. The first kappa shape index (κ1) is 5.71. The first-order valence-electron chi connectivity index (χ1n) is 2.68. The Hall–Kier alpha value is -1.42. The molecular weight excluding hydrogens is 110 g/mol. The highest BCUT2D eigenvalue weighted by molar-refractivity contribution is 5.24. The Labute approximate surface area is 54.8 Å². The molecule has 44 valence electrons. The second-order valence-electron chi connectivity index (χ2n) is 1.67. The fraction of sp³-hybridized carbons (Fsp3) is 0. The molecule has 9 heavy (non-hydrogen) atoms. The smallest absolute Gasteiger partial charge is 0.0138 e. The van der Waals surface area contributed by atoms with Crippen LogP contribution in [0.5, 0.6) is 0 Å². The zero-order chi connectivity index (χ0) is 6.53. The zero-order valence-electron chi connectivity index (χ0n) is 4.91. The average Bonchev–Trinajstić information content (AvgIpc) is 1.91. The summed E-state index contributed by atoms with van der Waals surface area (Å²) in [6, 6.07) is 9.56. The summed E-state index contributed by atoms with van der Waals surface area (Å²) in [5.41, 5.74) is 0.965. The molecule has 0 aliphatic heterocycles. The van der Waals surface area contributed by atoms with Crippen LogP contribution < -0.4 is 0 Å². The Balaban J connectivity index is 2.76. The maximum Gasteiger partial charge on any atom is -0.0138 e. The second-order valence-corrected chi connectivity index (χ2v) is 1.67. The quantitative estimate of drug-likeness (QED) is 0.495. The van der Waals surface area contributed by atoms with Gasteiger partial charge in [-0.15, -0.1) is 5.56 Å². The van der Waals surface area contributed by atoms with Crippen molar-refractivity contribution in [2.75, 3.05) is 0 Å². The summed E-state index contributed by atoms with van der Waals surface area (Å²) in [5, 5.41) is 0. The Bertz CT molecular complexity index is 208. The van der Waals surface area contributed by atoms with Gasteiger partial charge in [-0.25, -0.2) is 0 Å². The lowest BCUT2D eigenvalue weighted by atomic mass is 10.2. The van der Waals surface area contributed by atoms with Crippen LogP contribution in [0.15, 0.2) is 30.3 Å². The average molecular weight is 116 g/mol. The number of benzene rings is 1. The van der Waals surface area contributed by atoms with Gasteiger partial charge in [0, 0.05) is 0 Å². The maximum atomic E-state index is 6.51. The molecule has 0 atom stereocenters. The fourth-order valence-corrected chi connectivity index (χ4v) is 0.614. The van der Waals surface area contributed by atoms with Gasteiger partial charge in [0.25, 0.3) is 0 Å². The zero-order valence-corrected chi connectivity index (χ0v) is 4.91. The number of nitrogens with zero attached hydrogens (tertiary/aromatic N) is 1. The summed E-state index contributed by atoms with van der Waals surface area (Å²) in [7, 11) is 0. The Morgan fingerprint density at radius 1 is 1.22 bits per heavy atom. The van der Waals surface area contributed by atoms with Crippen molar-refractivity contribution in [2.45, 2.75) is 0 Å². The van der Waals surface area contributed by atoms with Gasteiger partial charge in [-0.1, -0.05) is 30.3 Å². The van der Waals surface area contributed by atoms with Crippen molar-refractivity contribution in [3.63, 3.8) is 0 Å². The molecule has 0 saturated carbocycles. The van der Waals surface area contributed by atoms with Crippen molar-refractivity contribution in [2.24, 2.45) is 0 Å². The first-order chi connectivity index (χ1) is 4.43. The molecule has 0 radical (unpaired) electrons. The van der Waals surface area contributed by atoms with Crippen molar-refractivity contribution in [3.8, 4) is 0 Å². The summed E-state index contributed by atoms with van der Waals surface area (Å²) < 4.78 is 0. The highest BCUT2D eigenvalue weighted by Gasteiger charge is 1.76. The van der Waals surface area contributed by atoms with Crippen LogP contribution in [0, 0.1) is 13.1 Å². The molecule has 1 nitrogen and oxygen atoms in total. The molecule has 1 heteroatoms. The third kappa shape index (κ3) is 1.50. The molecule has 0 N–H and O–H groups in total. The standard InChI is InChI=1S/C8H6N/c1-9-7-8-5-3-2-4-6-8/h2-7H/q-1. The fourth-order valence-electron chi connectivity index (χ4n) is 0.614. The topological polar surface area (TPSA) is 4.36 Å². The highest BCUT2D eigenvalue weighted by Crippen LogP contribution is 2.00.